The Morgan fingerprint density at radius 1 is 0.407 bits per heavy atom. The quantitative estimate of drug-likeness (QED) is 0.0183. The maximum atomic E-state index is 14.8. The predicted octanol–water partition coefficient (Wildman–Crippen LogP) is -9.88. The summed E-state index contributed by atoms with van der Waals surface area (Å²) in [6.07, 6.45) is -11.4. The van der Waals surface area contributed by atoms with E-state index >= 15 is 0 Å². The second kappa shape index (κ2) is 50.3. The zero-order chi connectivity index (χ0) is 85.2. The first-order valence-electron chi connectivity index (χ1n) is 39.5. The molecule has 4 aromatic heterocycles. The summed E-state index contributed by atoms with van der Waals surface area (Å²) in [5.74, 6) is -2.24. The van der Waals surface area contributed by atoms with Crippen LogP contribution in [0.3, 0.4) is 0 Å². The van der Waals surface area contributed by atoms with Gasteiger partial charge in [0.1, 0.15) is 97.4 Å². The molecule has 48 heteroatoms. The minimum atomic E-state index is -1.49. The lowest BCUT2D eigenvalue weighted by molar-refractivity contribution is -0.272. The van der Waals surface area contributed by atoms with Gasteiger partial charge in [-0.15, -0.1) is 20.4 Å². The molecule has 4 fully saturated rings. The van der Waals surface area contributed by atoms with Gasteiger partial charge < -0.3 is 145 Å². The molecule has 21 atom stereocenters. The average molecular weight is 1690 g/mol. The first-order chi connectivity index (χ1) is 56.8. The van der Waals surface area contributed by atoms with Crippen molar-refractivity contribution in [3.63, 3.8) is 0 Å². The number of carbonyl (C=O) groups is 5. The molecule has 48 nitrogen and oxygen atoms in total. The second-order valence-electron chi connectivity index (χ2n) is 28.8. The fourth-order valence-corrected chi connectivity index (χ4v) is 13.5. The number of ether oxygens (including phenoxy) is 12. The maximum absolute atomic E-state index is 14.8. The number of hydrogen-bond donors (Lipinski definition) is 17. The molecule has 17 N–H and O–H groups in total. The van der Waals surface area contributed by atoms with Crippen molar-refractivity contribution in [3.8, 4) is 0 Å². The summed E-state index contributed by atoms with van der Waals surface area (Å²) in [5.41, 5.74) is 2.18. The van der Waals surface area contributed by atoms with E-state index in [-0.39, 0.29) is 138 Å². The van der Waals surface area contributed by atoms with E-state index < -0.39 is 179 Å². The van der Waals surface area contributed by atoms with Crippen LogP contribution in [0.25, 0.3) is 0 Å². The summed E-state index contributed by atoms with van der Waals surface area (Å²) in [7, 11) is 0. The number of carbonyl (C=O) groups excluding carboxylic acids is 5. The van der Waals surface area contributed by atoms with E-state index in [0.717, 1.165) is 6.42 Å². The third kappa shape index (κ3) is 30.2. The number of aromatic nitrogens is 12. The van der Waals surface area contributed by atoms with Gasteiger partial charge in [0, 0.05) is 85.2 Å². The molecule has 8 heterocycles. The molecule has 4 aliphatic rings. The molecule has 668 valence electrons. The normalized spacial score (nSPS) is 27.7. The molecule has 4 aromatic rings. The number of nitrogens with zero attached hydrogens (tertiary/aromatic N) is 14. The Morgan fingerprint density at radius 3 is 0.966 bits per heavy atom. The summed E-state index contributed by atoms with van der Waals surface area (Å²) in [4.78, 5) is 66.6. The summed E-state index contributed by atoms with van der Waals surface area (Å²) in [6.45, 7) is 7.77. The van der Waals surface area contributed by atoms with Crippen LogP contribution in [0.15, 0.2) is 24.8 Å². The fourth-order valence-electron chi connectivity index (χ4n) is 13.5. The van der Waals surface area contributed by atoms with Crippen molar-refractivity contribution in [1.29, 1.82) is 0 Å². The minimum absolute atomic E-state index is 0.0357. The fraction of sp³-hybridized carbons (Fsp3) is 0.814. The number of aliphatic hydroxyl groups is 12. The lowest BCUT2D eigenvalue weighted by Crippen LogP contribution is -2.64. The van der Waals surface area contributed by atoms with Crippen LogP contribution in [-0.4, -0.2) is 408 Å². The molecule has 0 bridgehead atoms. The van der Waals surface area contributed by atoms with Crippen LogP contribution in [0.4, 0.5) is 0 Å². The Balaban J connectivity index is 0.930. The number of aliphatic hydroxyl groups excluding tert-OH is 12. The highest BCUT2D eigenvalue weighted by molar-refractivity contribution is 5.81. The van der Waals surface area contributed by atoms with E-state index in [1.54, 1.807) is 43.5 Å². The molecule has 4 aliphatic heterocycles. The minimum Gasteiger partial charge on any atom is -0.394 e. The largest absolute Gasteiger partial charge is 0.394 e. The van der Waals surface area contributed by atoms with Gasteiger partial charge in [-0.05, 0) is 25.8 Å². The van der Waals surface area contributed by atoms with E-state index in [1.807, 2.05) is 11.8 Å². The van der Waals surface area contributed by atoms with Gasteiger partial charge in [-0.3, -0.25) is 33.8 Å². The van der Waals surface area contributed by atoms with Crippen LogP contribution < -0.4 is 26.6 Å². The Morgan fingerprint density at radius 2 is 0.695 bits per heavy atom. The lowest BCUT2D eigenvalue weighted by Gasteiger charge is -2.42. The molecule has 0 saturated carbocycles. The van der Waals surface area contributed by atoms with Crippen LogP contribution in [0.2, 0.25) is 0 Å². The highest BCUT2D eigenvalue weighted by atomic mass is 16.7. The molecule has 5 amide bonds. The van der Waals surface area contributed by atoms with Gasteiger partial charge in [0.2, 0.25) is 29.5 Å². The monoisotopic (exact) mass is 1690 g/mol. The second-order valence-corrected chi connectivity index (χ2v) is 28.8. The molecular weight excluding hydrogens is 1570 g/mol. The third-order valence-corrected chi connectivity index (χ3v) is 19.5. The number of amides is 5. The van der Waals surface area contributed by atoms with Crippen LogP contribution >= 0.6 is 0 Å². The molecule has 4 saturated heterocycles. The number of nitrogens with one attached hydrogen (secondary N) is 5. The number of rotatable bonds is 54. The van der Waals surface area contributed by atoms with Crippen molar-refractivity contribution >= 4 is 29.5 Å². The zero-order valence-corrected chi connectivity index (χ0v) is 66.9. The summed E-state index contributed by atoms with van der Waals surface area (Å²) >= 11 is 0. The number of unbranched alkanes of at least 4 members (excludes halogenated alkanes) is 2. The maximum Gasteiger partial charge on any atom is 0.237 e. The average Bonchev–Trinajstić information content (AvgIpc) is 0.992. The van der Waals surface area contributed by atoms with Gasteiger partial charge in [0.05, 0.1) is 161 Å². The van der Waals surface area contributed by atoms with Crippen molar-refractivity contribution in [1.82, 2.24) is 96.4 Å². The Bertz CT molecular complexity index is 3370. The highest BCUT2D eigenvalue weighted by Gasteiger charge is 2.49. The van der Waals surface area contributed by atoms with Gasteiger partial charge in [0.15, 0.2) is 25.2 Å². The SMILES string of the molecule is CCCCNC(=O)[C@H](CCCCN(Cc1cn(CCOCCO[C@@H]2O[C@H](CO)[C@H](O)[C@H](O)[C@H]2NC(C)=O)nn1)Cc1cn(CCOCCO[C@@H]2O[C@H](CO)[C@H](O)[C@H](O)[C@H]2NC(C)=O)nn1)N(Cc1cn(CCOCCO[C@@H]2O[C@H](CO)[C@H](O)[C@H](O)[C@H]2NC(C)=O)nn1)Cc1cn(CCOCCO[C@@H]2O[C@H](CO)[C@H](O)[C@H](O)[C@H]2NC(C)=O)nn1. The van der Waals surface area contributed by atoms with E-state index in [4.69, 9.17) is 56.8 Å². The lowest BCUT2D eigenvalue weighted by atomic mass is 9.97. The smallest absolute Gasteiger partial charge is 0.237 e. The van der Waals surface area contributed by atoms with Crippen molar-refractivity contribution in [2.75, 3.05) is 119 Å². The molecule has 0 aromatic carbocycles. The number of hydrogen-bond acceptors (Lipinski definition) is 39. The summed E-state index contributed by atoms with van der Waals surface area (Å²) in [6, 6.07) is -5.28. The molecule has 8 rings (SSSR count). The topological polar surface area (TPSA) is 628 Å². The molecule has 0 unspecified atom stereocenters. The van der Waals surface area contributed by atoms with Crippen molar-refractivity contribution in [2.24, 2.45) is 0 Å². The van der Waals surface area contributed by atoms with E-state index in [2.05, 4.69) is 72.7 Å². The Kier molecular flexibility index (Phi) is 41.1. The Labute approximate surface area is 679 Å². The first kappa shape index (κ1) is 96.3. The first-order valence-corrected chi connectivity index (χ1v) is 39.5. The van der Waals surface area contributed by atoms with Gasteiger partial charge in [-0.1, -0.05) is 40.6 Å². The van der Waals surface area contributed by atoms with Crippen molar-refractivity contribution in [2.45, 2.75) is 248 Å². The van der Waals surface area contributed by atoms with Crippen LogP contribution in [0, 0.1) is 0 Å². The van der Waals surface area contributed by atoms with Gasteiger partial charge in [-0.2, -0.15) is 0 Å². The van der Waals surface area contributed by atoms with E-state index in [1.165, 1.54) is 27.7 Å². The molecule has 118 heavy (non-hydrogen) atoms. The van der Waals surface area contributed by atoms with Crippen molar-refractivity contribution in [3.05, 3.63) is 47.6 Å². The molecule has 0 spiro atoms. The predicted molar refractivity (Wildman–Crippen MR) is 398 cm³/mol. The van der Waals surface area contributed by atoms with Crippen LogP contribution in [-0.2, 0) is 133 Å². The van der Waals surface area contributed by atoms with Gasteiger partial charge in [-0.25, -0.2) is 18.7 Å². The van der Waals surface area contributed by atoms with Crippen molar-refractivity contribution < 1.29 is 142 Å². The highest BCUT2D eigenvalue weighted by Crippen LogP contribution is 2.27. The standard InChI is InChI=1S/C70H119N19O29/c1-6-7-11-71-66(106)49(85(31-47-35-88(82-78-47)15-19-109-23-27-113-69-56(74-43(4)96)64(104)60(100)52(39-92)117-69)32-48-36-89(83-79-48)16-20-110-24-28-114-70-57(75-44(5)97)65(105)61(101)53(40-93)118-70)10-8-9-12-84(29-45-33-86(80-76-45)13-17-107-21-25-111-67-54(72-41(2)94)62(102)58(98)50(37-90)115-67)30-46-34-87(81-77-46)14-18-108-22-26-112-68-55(73-42(3)95)63(103)59(99)51(38-91)116-68/h33-36,49-65,67-70,90-93,98-105H,6-32,37-40H2,1-5H3,(H,71,106)(H,72,94)(H,73,95)(H,74,96)(H,75,97)/t49-,50+,51+,52+,53+,54+,55+,56+,57+,58-,59-,60-,61-,62+,63+,64+,65+,67+,68+,69+,70+/m0/s1. The Hall–Kier alpha value is -7.13. The summed E-state index contributed by atoms with van der Waals surface area (Å²) in [5, 5.41) is 172. The van der Waals surface area contributed by atoms with E-state index in [9.17, 15) is 85.3 Å². The molecule has 0 radical (unpaired) electrons. The molecule has 0 aliphatic carbocycles. The van der Waals surface area contributed by atoms with Crippen LogP contribution in [0.5, 0.6) is 0 Å². The van der Waals surface area contributed by atoms with Crippen LogP contribution in [0.1, 0.15) is 89.5 Å². The van der Waals surface area contributed by atoms with E-state index in [0.29, 0.717) is 61.5 Å². The summed E-state index contributed by atoms with van der Waals surface area (Å²) < 4.78 is 75.5. The van der Waals surface area contributed by atoms with Gasteiger partial charge in [0.25, 0.3) is 0 Å². The molecular formula is C70H119N19O29. The zero-order valence-electron chi connectivity index (χ0n) is 66.9. The van der Waals surface area contributed by atoms with Gasteiger partial charge >= 0.3 is 0 Å². The third-order valence-electron chi connectivity index (χ3n) is 19.5.